The number of fused-ring (bicyclic) bond motifs is 1. The van der Waals surface area contributed by atoms with Crippen molar-refractivity contribution >= 4 is 28.6 Å². The van der Waals surface area contributed by atoms with Crippen LogP contribution >= 0.6 is 0 Å². The number of rotatable bonds is 6. The normalized spacial score (nSPS) is 20.7. The fourth-order valence-electron chi connectivity index (χ4n) is 4.37. The van der Waals surface area contributed by atoms with Crippen LogP contribution < -0.4 is 26.2 Å². The molecule has 0 radical (unpaired) electrons. The predicted molar refractivity (Wildman–Crippen MR) is 127 cm³/mol. The maximum absolute atomic E-state index is 12.1. The number of ether oxygens (including phenoxy) is 2. The Kier molecular flexibility index (Phi) is 6.63. The molecule has 0 spiro atoms. The molecule has 4 heterocycles. The van der Waals surface area contributed by atoms with Gasteiger partial charge in [0.2, 0.25) is 11.8 Å². The van der Waals surface area contributed by atoms with Gasteiger partial charge in [0, 0.05) is 43.8 Å². The molecule has 11 nitrogen and oxygen atoms in total. The molecule has 178 valence electrons. The number of hydrogen-bond acceptors (Lipinski definition) is 10. The van der Waals surface area contributed by atoms with Gasteiger partial charge in [0.1, 0.15) is 11.9 Å². The number of pyridine rings is 2. The fraction of sp³-hybridized carbons (Fsp3) is 0.435. The van der Waals surface area contributed by atoms with Gasteiger partial charge >= 0.3 is 0 Å². The zero-order valence-electron chi connectivity index (χ0n) is 18.8. The number of hydrazine groups is 1. The van der Waals surface area contributed by atoms with Gasteiger partial charge in [0.05, 0.1) is 29.7 Å². The van der Waals surface area contributed by atoms with Crippen molar-refractivity contribution in [2.45, 2.75) is 37.8 Å². The summed E-state index contributed by atoms with van der Waals surface area (Å²) in [6.45, 7) is 2.82. The van der Waals surface area contributed by atoms with Crippen LogP contribution in [0.5, 0.6) is 5.88 Å². The number of morpholine rings is 1. The average molecular weight is 465 g/mol. The molecule has 2 fully saturated rings. The summed E-state index contributed by atoms with van der Waals surface area (Å²) in [4.78, 5) is 32.1. The molecule has 2 aliphatic rings. The Hall–Kier alpha value is -3.57. The van der Waals surface area contributed by atoms with Gasteiger partial charge in [-0.1, -0.05) is 0 Å². The standard InChI is InChI=1S/C23H28N8O3/c24-30-21(32)15-12-18-19(27-14-15)13-20(31-8-10-33-11-9-31)29-22(18)34-17-4-2-16(3-5-17)28-23-25-6-1-7-26-23/h1,6-7,12-14,16-17H,2-5,8-11,24H2,(H,30,32)(H,25,26,28)/t16-,17+. The topological polar surface area (TPSA) is 140 Å². The molecule has 34 heavy (non-hydrogen) atoms. The number of amides is 1. The predicted octanol–water partition coefficient (Wildman–Crippen LogP) is 1.66. The second-order valence-electron chi connectivity index (χ2n) is 8.46. The molecule has 1 aliphatic carbocycles. The van der Waals surface area contributed by atoms with Gasteiger partial charge in [-0.05, 0) is 37.8 Å². The summed E-state index contributed by atoms with van der Waals surface area (Å²) in [5.41, 5.74) is 3.23. The lowest BCUT2D eigenvalue weighted by molar-refractivity contribution is 0.0953. The van der Waals surface area contributed by atoms with E-state index >= 15 is 0 Å². The van der Waals surface area contributed by atoms with Crippen molar-refractivity contribution in [3.63, 3.8) is 0 Å². The van der Waals surface area contributed by atoms with Crippen LogP contribution in [0.1, 0.15) is 36.0 Å². The largest absolute Gasteiger partial charge is 0.474 e. The highest BCUT2D eigenvalue weighted by Crippen LogP contribution is 2.32. The molecule has 0 atom stereocenters. The van der Waals surface area contributed by atoms with E-state index in [1.807, 2.05) is 6.07 Å². The lowest BCUT2D eigenvalue weighted by Gasteiger charge is -2.31. The first-order valence-corrected chi connectivity index (χ1v) is 11.5. The Balaban J connectivity index is 1.36. The average Bonchev–Trinajstić information content (AvgIpc) is 2.90. The lowest BCUT2D eigenvalue weighted by Crippen LogP contribution is -2.37. The maximum atomic E-state index is 12.1. The van der Waals surface area contributed by atoms with Gasteiger partial charge in [0.25, 0.3) is 5.91 Å². The Morgan fingerprint density at radius 2 is 1.85 bits per heavy atom. The van der Waals surface area contributed by atoms with Crippen LogP contribution in [0.25, 0.3) is 10.9 Å². The van der Waals surface area contributed by atoms with E-state index in [1.165, 1.54) is 6.20 Å². The van der Waals surface area contributed by atoms with Gasteiger partial charge in [-0.2, -0.15) is 4.98 Å². The third-order valence-electron chi connectivity index (χ3n) is 6.21. The molecular formula is C23H28N8O3. The van der Waals surface area contributed by atoms with Crippen LogP contribution in [0.4, 0.5) is 11.8 Å². The van der Waals surface area contributed by atoms with Gasteiger partial charge in [-0.3, -0.25) is 15.2 Å². The number of nitrogen functional groups attached to an aromatic ring is 1. The summed E-state index contributed by atoms with van der Waals surface area (Å²) in [7, 11) is 0. The first-order valence-electron chi connectivity index (χ1n) is 11.5. The highest BCUT2D eigenvalue weighted by Gasteiger charge is 2.25. The highest BCUT2D eigenvalue weighted by molar-refractivity contribution is 5.98. The van der Waals surface area contributed by atoms with E-state index in [1.54, 1.807) is 24.5 Å². The minimum atomic E-state index is -0.410. The van der Waals surface area contributed by atoms with Crippen LogP contribution in [0, 0.1) is 0 Å². The minimum absolute atomic E-state index is 0.0115. The molecule has 1 aliphatic heterocycles. The summed E-state index contributed by atoms with van der Waals surface area (Å²) >= 11 is 0. The van der Waals surface area contributed by atoms with E-state index < -0.39 is 5.91 Å². The van der Waals surface area contributed by atoms with E-state index in [4.69, 9.17) is 20.3 Å². The Morgan fingerprint density at radius 1 is 1.09 bits per heavy atom. The molecule has 0 unspecified atom stereocenters. The summed E-state index contributed by atoms with van der Waals surface area (Å²) in [5.74, 6) is 6.84. The zero-order chi connectivity index (χ0) is 23.3. The van der Waals surface area contributed by atoms with Crippen molar-refractivity contribution in [2.75, 3.05) is 36.5 Å². The number of nitrogens with two attached hydrogens (primary N) is 1. The number of carbonyl (C=O) groups is 1. The van der Waals surface area contributed by atoms with Crippen LogP contribution in [-0.2, 0) is 4.74 Å². The molecule has 0 aromatic carbocycles. The maximum Gasteiger partial charge on any atom is 0.266 e. The summed E-state index contributed by atoms with van der Waals surface area (Å²) in [6, 6.07) is 5.76. The molecule has 3 aromatic heterocycles. The Morgan fingerprint density at radius 3 is 2.59 bits per heavy atom. The zero-order valence-corrected chi connectivity index (χ0v) is 18.8. The first kappa shape index (κ1) is 22.2. The quantitative estimate of drug-likeness (QED) is 0.280. The van der Waals surface area contributed by atoms with Crippen LogP contribution in [0.15, 0.2) is 36.8 Å². The Bertz CT molecular complexity index is 1130. The van der Waals surface area contributed by atoms with Crippen molar-refractivity contribution in [2.24, 2.45) is 5.84 Å². The molecule has 3 aromatic rings. The minimum Gasteiger partial charge on any atom is -0.474 e. The summed E-state index contributed by atoms with van der Waals surface area (Å²) in [5, 5.41) is 4.09. The molecule has 11 heteroatoms. The van der Waals surface area contributed by atoms with Crippen LogP contribution in [-0.4, -0.2) is 64.3 Å². The molecule has 1 amide bonds. The molecule has 0 bridgehead atoms. The molecule has 5 rings (SSSR count). The number of hydrogen-bond donors (Lipinski definition) is 3. The SMILES string of the molecule is NNC(=O)c1cnc2cc(N3CCOCC3)nc(O[C@H]3CC[C@@H](Nc4ncccn4)CC3)c2c1. The second kappa shape index (κ2) is 10.1. The third-order valence-corrected chi connectivity index (χ3v) is 6.21. The number of anilines is 2. The number of nitrogens with one attached hydrogen (secondary N) is 2. The van der Waals surface area contributed by atoms with Gasteiger partial charge in [0.15, 0.2) is 0 Å². The van der Waals surface area contributed by atoms with E-state index in [0.717, 1.165) is 50.1 Å². The van der Waals surface area contributed by atoms with Crippen molar-refractivity contribution in [1.29, 1.82) is 0 Å². The van der Waals surface area contributed by atoms with Crippen LogP contribution in [0.3, 0.4) is 0 Å². The number of carbonyl (C=O) groups excluding carboxylic acids is 1. The Labute approximate surface area is 197 Å². The van der Waals surface area contributed by atoms with E-state index in [9.17, 15) is 4.79 Å². The highest BCUT2D eigenvalue weighted by atomic mass is 16.5. The molecular weight excluding hydrogens is 436 g/mol. The van der Waals surface area contributed by atoms with E-state index in [0.29, 0.717) is 42.0 Å². The monoisotopic (exact) mass is 464 g/mol. The number of nitrogens with zero attached hydrogens (tertiary/aromatic N) is 5. The van der Waals surface area contributed by atoms with Crippen molar-refractivity contribution < 1.29 is 14.3 Å². The van der Waals surface area contributed by atoms with Crippen molar-refractivity contribution in [3.8, 4) is 5.88 Å². The third kappa shape index (κ3) is 5.00. The summed E-state index contributed by atoms with van der Waals surface area (Å²) < 4.78 is 11.9. The smallest absolute Gasteiger partial charge is 0.266 e. The first-order chi connectivity index (χ1) is 16.7. The molecule has 1 saturated heterocycles. The van der Waals surface area contributed by atoms with Crippen LogP contribution in [0.2, 0.25) is 0 Å². The van der Waals surface area contributed by atoms with Gasteiger partial charge in [-0.15, -0.1) is 0 Å². The molecule has 1 saturated carbocycles. The summed E-state index contributed by atoms with van der Waals surface area (Å²) in [6.07, 6.45) is 8.59. The second-order valence-corrected chi connectivity index (χ2v) is 8.46. The van der Waals surface area contributed by atoms with E-state index in [-0.39, 0.29) is 6.10 Å². The van der Waals surface area contributed by atoms with E-state index in [2.05, 4.69) is 30.6 Å². The fourth-order valence-corrected chi connectivity index (χ4v) is 4.37. The van der Waals surface area contributed by atoms with Gasteiger partial charge < -0.3 is 19.7 Å². The van der Waals surface area contributed by atoms with Crippen molar-refractivity contribution in [1.82, 2.24) is 25.4 Å². The molecule has 4 N–H and O–H groups in total. The van der Waals surface area contributed by atoms with Crippen molar-refractivity contribution in [3.05, 3.63) is 42.4 Å². The lowest BCUT2D eigenvalue weighted by atomic mass is 9.93. The van der Waals surface area contributed by atoms with Gasteiger partial charge in [-0.25, -0.2) is 15.8 Å². The number of aromatic nitrogens is 4.